The zero-order valence-electron chi connectivity index (χ0n) is 21.4. The second kappa shape index (κ2) is 10.6. The molecule has 2 aliphatic carbocycles. The van der Waals surface area contributed by atoms with Gasteiger partial charge in [-0.25, -0.2) is 19.9 Å². The summed E-state index contributed by atoms with van der Waals surface area (Å²) < 4.78 is 27.3. The average Bonchev–Trinajstić information content (AvgIpc) is 3.56. The van der Waals surface area contributed by atoms with Crippen molar-refractivity contribution < 1.29 is 8.78 Å². The van der Waals surface area contributed by atoms with Crippen LogP contribution in [0.25, 0.3) is 33.4 Å². The quantitative estimate of drug-likeness (QED) is 0.315. The van der Waals surface area contributed by atoms with Crippen molar-refractivity contribution in [2.24, 2.45) is 0 Å². The highest BCUT2D eigenvalue weighted by Crippen LogP contribution is 2.57. The number of nitriles is 8. The molecule has 0 N–H and O–H groups in total. The molecule has 2 heterocycles. The van der Waals surface area contributed by atoms with Crippen LogP contribution in [0.15, 0.2) is 35.9 Å². The number of fused-ring (bicyclic) bond motifs is 2. The monoisotopic (exact) mass is 570 g/mol. The summed E-state index contributed by atoms with van der Waals surface area (Å²) in [5, 5.41) is 81.4. The van der Waals surface area contributed by atoms with Crippen LogP contribution in [0.3, 0.4) is 0 Å². The van der Waals surface area contributed by atoms with Gasteiger partial charge in [0.25, 0.3) is 0 Å². The average molecular weight is 570 g/mol. The molecule has 0 fully saturated rings. The molecule has 0 radical (unpaired) electrons. The van der Waals surface area contributed by atoms with E-state index in [1.165, 1.54) is 0 Å². The summed E-state index contributed by atoms with van der Waals surface area (Å²) in [6, 6.07) is 14.5. The highest BCUT2D eigenvalue weighted by atomic mass is 19.1. The van der Waals surface area contributed by atoms with Crippen molar-refractivity contribution in [3.63, 3.8) is 0 Å². The van der Waals surface area contributed by atoms with Gasteiger partial charge in [0.15, 0.2) is 0 Å². The molecule has 3 aromatic rings. The zero-order chi connectivity index (χ0) is 31.7. The van der Waals surface area contributed by atoms with Crippen molar-refractivity contribution in [2.75, 3.05) is 0 Å². The van der Waals surface area contributed by atoms with E-state index in [0.717, 1.165) is 24.8 Å². The SMILES string of the molecule is N#CC(C#N)=C1C(c2cnc(F)nc2)=C(C#N)c2c(C#N)c3c(c(C#N)c21)C(=C(C#N)C#N)C(c1cnc(F)nc1)=C3C#N. The Labute approximate surface area is 245 Å². The van der Waals surface area contributed by atoms with Gasteiger partial charge < -0.3 is 0 Å². The van der Waals surface area contributed by atoms with E-state index in [-0.39, 0.29) is 72.4 Å². The molecule has 0 unspecified atom stereocenters. The lowest BCUT2D eigenvalue weighted by atomic mass is 9.82. The molecule has 198 valence electrons. The molecule has 0 saturated heterocycles. The Morgan fingerprint density at radius 1 is 0.477 bits per heavy atom. The third-order valence-corrected chi connectivity index (χ3v) is 6.71. The van der Waals surface area contributed by atoms with Crippen molar-refractivity contribution in [3.05, 3.63) is 92.6 Å². The molecule has 44 heavy (non-hydrogen) atoms. The van der Waals surface area contributed by atoms with Gasteiger partial charge in [-0.1, -0.05) is 0 Å². The van der Waals surface area contributed by atoms with Crippen LogP contribution >= 0.6 is 0 Å². The van der Waals surface area contributed by atoms with E-state index >= 15 is 0 Å². The maximum atomic E-state index is 13.6. The Morgan fingerprint density at radius 2 is 0.795 bits per heavy atom. The second-order valence-corrected chi connectivity index (χ2v) is 8.63. The molecule has 0 spiro atoms. The zero-order valence-corrected chi connectivity index (χ0v) is 21.4. The van der Waals surface area contributed by atoms with E-state index in [1.807, 2.05) is 24.3 Å². The third kappa shape index (κ3) is 3.73. The maximum absolute atomic E-state index is 13.6. The lowest BCUT2D eigenvalue weighted by Crippen LogP contribution is -2.05. The number of allylic oxidation sites excluding steroid dienone is 8. The van der Waals surface area contributed by atoms with Gasteiger partial charge in [0, 0.05) is 80.5 Å². The standard InChI is InChI=1S/C30H4F2N12/c31-29-41-9-15(10-42-29)21-17(5-37)25-19(7-39)26-18(6-38)22(16-11-43-30(32)44-12-16)24(14(3-35)4-36)28(26)20(8-40)27(25)23(21)13(1-33)2-34/h9-12H. The fraction of sp³-hybridized carbons (Fsp3) is 0. The summed E-state index contributed by atoms with van der Waals surface area (Å²) in [6.07, 6.45) is 1.64. The van der Waals surface area contributed by atoms with E-state index in [2.05, 4.69) is 19.9 Å². The molecule has 2 aromatic heterocycles. The highest BCUT2D eigenvalue weighted by molar-refractivity contribution is 6.32. The summed E-state index contributed by atoms with van der Waals surface area (Å²) in [7, 11) is 0. The van der Waals surface area contributed by atoms with Crippen molar-refractivity contribution in [1.82, 2.24) is 19.9 Å². The molecule has 14 heteroatoms. The van der Waals surface area contributed by atoms with Crippen LogP contribution in [-0.2, 0) is 0 Å². The predicted molar refractivity (Wildman–Crippen MR) is 141 cm³/mol. The Balaban J connectivity index is 2.11. The molecule has 0 bridgehead atoms. The fourth-order valence-electron chi connectivity index (χ4n) is 5.18. The van der Waals surface area contributed by atoms with Gasteiger partial charge in [-0.3, -0.25) is 0 Å². The number of rotatable bonds is 2. The molecule has 5 rings (SSSR count). The number of aromatic nitrogens is 4. The molecule has 12 nitrogen and oxygen atoms in total. The largest absolute Gasteiger partial charge is 0.308 e. The minimum absolute atomic E-state index is 0.0456. The van der Waals surface area contributed by atoms with Gasteiger partial charge in [-0.15, -0.1) is 0 Å². The molecule has 0 amide bonds. The van der Waals surface area contributed by atoms with Crippen molar-refractivity contribution in [3.8, 4) is 48.6 Å². The topological polar surface area (TPSA) is 242 Å². The van der Waals surface area contributed by atoms with Crippen LogP contribution in [0.4, 0.5) is 8.78 Å². The van der Waals surface area contributed by atoms with Crippen molar-refractivity contribution in [2.45, 2.75) is 0 Å². The molecular formula is C30H4F2N12. The molecule has 0 saturated carbocycles. The fourth-order valence-corrected chi connectivity index (χ4v) is 5.18. The molecule has 0 aliphatic heterocycles. The smallest absolute Gasteiger partial charge is 0.210 e. The lowest BCUT2D eigenvalue weighted by molar-refractivity contribution is 0.537. The summed E-state index contributed by atoms with van der Waals surface area (Å²) in [5.41, 5.74) is -4.64. The van der Waals surface area contributed by atoms with E-state index in [4.69, 9.17) is 0 Å². The van der Waals surface area contributed by atoms with Crippen LogP contribution in [-0.4, -0.2) is 19.9 Å². The van der Waals surface area contributed by atoms with E-state index in [0.29, 0.717) is 0 Å². The number of hydrogen-bond acceptors (Lipinski definition) is 12. The number of nitrogens with zero attached hydrogens (tertiary/aromatic N) is 12. The van der Waals surface area contributed by atoms with E-state index in [1.54, 1.807) is 24.3 Å². The summed E-state index contributed by atoms with van der Waals surface area (Å²) in [4.78, 5) is 13.9. The molecule has 1 aromatic carbocycles. The maximum Gasteiger partial charge on any atom is 0.308 e. The molecule has 2 aliphatic rings. The Bertz CT molecular complexity index is 2170. The van der Waals surface area contributed by atoms with E-state index in [9.17, 15) is 50.9 Å². The van der Waals surface area contributed by atoms with Gasteiger partial charge in [0.1, 0.15) is 59.7 Å². The van der Waals surface area contributed by atoms with Crippen LogP contribution in [0, 0.1) is 103 Å². The third-order valence-electron chi connectivity index (χ3n) is 6.71. The summed E-state index contributed by atoms with van der Waals surface area (Å²) in [6.45, 7) is 0. The summed E-state index contributed by atoms with van der Waals surface area (Å²) >= 11 is 0. The van der Waals surface area contributed by atoms with Crippen molar-refractivity contribution >= 4 is 33.4 Å². The van der Waals surface area contributed by atoms with Crippen LogP contribution in [0.2, 0.25) is 0 Å². The second-order valence-electron chi connectivity index (χ2n) is 8.63. The first-order valence-corrected chi connectivity index (χ1v) is 11.7. The normalized spacial score (nSPS) is 12.3. The molecule has 0 atom stereocenters. The van der Waals surface area contributed by atoms with Crippen LogP contribution < -0.4 is 0 Å². The number of benzene rings is 1. The number of hydrogen-bond donors (Lipinski definition) is 0. The number of halogens is 2. The minimum atomic E-state index is -1.12. The minimum Gasteiger partial charge on any atom is -0.210 e. The van der Waals surface area contributed by atoms with Gasteiger partial charge in [-0.05, 0) is 0 Å². The van der Waals surface area contributed by atoms with Crippen LogP contribution in [0.1, 0.15) is 44.5 Å². The Hall–Kier alpha value is -7.88. The Morgan fingerprint density at radius 3 is 1.07 bits per heavy atom. The van der Waals surface area contributed by atoms with Gasteiger partial charge in [0.2, 0.25) is 0 Å². The first kappa shape index (κ1) is 27.7. The van der Waals surface area contributed by atoms with E-state index < -0.39 is 28.9 Å². The first-order chi connectivity index (χ1) is 21.3. The molecular weight excluding hydrogens is 566 g/mol. The lowest BCUT2D eigenvalue weighted by Gasteiger charge is -2.16. The van der Waals surface area contributed by atoms with Gasteiger partial charge >= 0.3 is 12.2 Å². The van der Waals surface area contributed by atoms with Gasteiger partial charge in [0.05, 0.1) is 22.3 Å². The predicted octanol–water partition coefficient (Wildman–Crippen LogP) is 3.79. The Kier molecular flexibility index (Phi) is 6.66. The van der Waals surface area contributed by atoms with Crippen LogP contribution in [0.5, 0.6) is 0 Å². The van der Waals surface area contributed by atoms with Crippen molar-refractivity contribution in [1.29, 1.82) is 42.1 Å². The highest BCUT2D eigenvalue weighted by Gasteiger charge is 2.43. The summed E-state index contributed by atoms with van der Waals surface area (Å²) in [5.74, 6) is 0. The van der Waals surface area contributed by atoms with Gasteiger partial charge in [-0.2, -0.15) is 50.9 Å². The first-order valence-electron chi connectivity index (χ1n) is 11.7.